The molecule has 0 saturated heterocycles. The van der Waals surface area contributed by atoms with Crippen molar-refractivity contribution in [2.24, 2.45) is 0 Å². The third-order valence-corrected chi connectivity index (χ3v) is 6.90. The van der Waals surface area contributed by atoms with E-state index in [4.69, 9.17) is 9.47 Å². The highest BCUT2D eigenvalue weighted by atomic mass is 32.2. The number of aryl methyl sites for hydroxylation is 1. The van der Waals surface area contributed by atoms with Crippen LogP contribution in [0.15, 0.2) is 59.3 Å². The predicted molar refractivity (Wildman–Crippen MR) is 133 cm³/mol. The number of nitrogens with zero attached hydrogens (tertiary/aromatic N) is 3. The maximum Gasteiger partial charge on any atom is 0.268 e. The van der Waals surface area contributed by atoms with Crippen molar-refractivity contribution < 1.29 is 22.7 Å². The lowest BCUT2D eigenvalue weighted by atomic mass is 10.1. The second-order valence-electron chi connectivity index (χ2n) is 7.35. The van der Waals surface area contributed by atoms with Gasteiger partial charge in [-0.1, -0.05) is 31.2 Å². The topological polar surface area (TPSA) is 131 Å². The summed E-state index contributed by atoms with van der Waals surface area (Å²) < 4.78 is 38.8. The number of carbonyl (C=O) groups excluding carboxylic acids is 1. The zero-order valence-electron chi connectivity index (χ0n) is 19.2. The molecule has 3 rings (SSSR count). The summed E-state index contributed by atoms with van der Waals surface area (Å²) in [6.45, 7) is 4.50. The van der Waals surface area contributed by atoms with Gasteiger partial charge in [0, 0.05) is 18.0 Å². The Morgan fingerprint density at radius 2 is 1.86 bits per heavy atom. The molecule has 35 heavy (non-hydrogen) atoms. The fraction of sp³-hybridized carbons (Fsp3) is 0.250. The van der Waals surface area contributed by atoms with Gasteiger partial charge in [-0.2, -0.15) is 14.6 Å². The summed E-state index contributed by atoms with van der Waals surface area (Å²) in [6.07, 6.45) is 2.13. The van der Waals surface area contributed by atoms with Crippen LogP contribution in [0.4, 0.5) is 5.13 Å². The first-order chi connectivity index (χ1) is 16.8. The molecule has 182 valence electrons. The molecular formula is C24H24N4O5S2. The van der Waals surface area contributed by atoms with Crippen LogP contribution in [0, 0.1) is 18.3 Å². The van der Waals surface area contributed by atoms with Gasteiger partial charge in [0.1, 0.15) is 23.1 Å². The monoisotopic (exact) mass is 512 g/mol. The number of hydrogen-bond acceptors (Lipinski definition) is 9. The lowest BCUT2D eigenvalue weighted by molar-refractivity contribution is -0.112. The molecule has 1 amide bonds. The zero-order valence-corrected chi connectivity index (χ0v) is 20.9. The highest BCUT2D eigenvalue weighted by Crippen LogP contribution is 2.19. The highest BCUT2D eigenvalue weighted by Gasteiger charge is 2.20. The standard InChI is InChI=1S/C24H24N4O5S2/c1-3-35(30,31)24-27-23(34-28-24)26-22(29)19(16-25)15-18-8-10-20(11-9-18)32-12-5-13-33-21-7-4-6-17(2)14-21/h4,6-11,14-15H,3,5,12-13H2,1-2H3,(H,26,27,28,29). The van der Waals surface area contributed by atoms with E-state index >= 15 is 0 Å². The highest BCUT2D eigenvalue weighted by molar-refractivity contribution is 7.91. The molecular weight excluding hydrogens is 488 g/mol. The predicted octanol–water partition coefficient (Wildman–Crippen LogP) is 4.03. The molecule has 11 heteroatoms. The Morgan fingerprint density at radius 1 is 1.14 bits per heavy atom. The van der Waals surface area contributed by atoms with E-state index in [-0.39, 0.29) is 21.6 Å². The number of carbonyl (C=O) groups is 1. The van der Waals surface area contributed by atoms with Crippen molar-refractivity contribution in [2.45, 2.75) is 25.4 Å². The van der Waals surface area contributed by atoms with Gasteiger partial charge in [0.05, 0.1) is 19.0 Å². The van der Waals surface area contributed by atoms with Gasteiger partial charge in [0.2, 0.25) is 15.0 Å². The summed E-state index contributed by atoms with van der Waals surface area (Å²) in [5.74, 6) is 0.620. The molecule has 1 N–H and O–H groups in total. The van der Waals surface area contributed by atoms with Crippen molar-refractivity contribution in [2.75, 3.05) is 24.3 Å². The molecule has 0 bridgehead atoms. The minimum absolute atomic E-state index is 0.00157. The fourth-order valence-corrected chi connectivity index (χ4v) is 4.38. The molecule has 9 nitrogen and oxygen atoms in total. The smallest absolute Gasteiger partial charge is 0.268 e. The molecule has 0 saturated carbocycles. The molecule has 0 fully saturated rings. The summed E-state index contributed by atoms with van der Waals surface area (Å²) in [6, 6.07) is 16.6. The third-order valence-electron chi connectivity index (χ3n) is 4.66. The minimum Gasteiger partial charge on any atom is -0.493 e. The molecule has 0 aliphatic rings. The third kappa shape index (κ3) is 7.63. The van der Waals surface area contributed by atoms with Crippen LogP contribution in [0.3, 0.4) is 0 Å². The van der Waals surface area contributed by atoms with Crippen molar-refractivity contribution in [3.8, 4) is 17.6 Å². The molecule has 1 heterocycles. The Hall–Kier alpha value is -3.75. The number of amides is 1. The normalized spacial score (nSPS) is 11.5. The van der Waals surface area contributed by atoms with Crippen LogP contribution < -0.4 is 14.8 Å². The molecule has 0 atom stereocenters. The Kier molecular flexibility index (Phi) is 8.94. The van der Waals surface area contributed by atoms with Gasteiger partial charge in [-0.15, -0.1) is 0 Å². The zero-order chi connectivity index (χ0) is 25.3. The number of sulfone groups is 1. The van der Waals surface area contributed by atoms with Crippen molar-refractivity contribution in [3.05, 3.63) is 65.2 Å². The summed E-state index contributed by atoms with van der Waals surface area (Å²) in [5.41, 5.74) is 1.60. The number of hydrogen-bond donors (Lipinski definition) is 1. The molecule has 0 spiro atoms. The number of anilines is 1. The summed E-state index contributed by atoms with van der Waals surface area (Å²) >= 11 is 0.732. The fourth-order valence-electron chi connectivity index (χ4n) is 2.80. The van der Waals surface area contributed by atoms with Gasteiger partial charge >= 0.3 is 0 Å². The molecule has 0 aliphatic carbocycles. The van der Waals surface area contributed by atoms with Gasteiger partial charge in [-0.05, 0) is 48.4 Å². The lowest BCUT2D eigenvalue weighted by Gasteiger charge is -2.09. The Morgan fingerprint density at radius 3 is 2.51 bits per heavy atom. The largest absolute Gasteiger partial charge is 0.493 e. The average Bonchev–Trinajstić information content (AvgIpc) is 3.32. The quantitative estimate of drug-likeness (QED) is 0.231. The van der Waals surface area contributed by atoms with E-state index in [1.165, 1.54) is 13.0 Å². The number of ether oxygens (including phenoxy) is 2. The number of nitrogens with one attached hydrogen (secondary N) is 1. The second-order valence-corrected chi connectivity index (χ2v) is 10.3. The Labute approximate surface area is 208 Å². The molecule has 0 aliphatic heterocycles. The number of aromatic nitrogens is 2. The van der Waals surface area contributed by atoms with Crippen LogP contribution in [0.25, 0.3) is 6.08 Å². The van der Waals surface area contributed by atoms with Crippen LogP contribution in [0.5, 0.6) is 11.5 Å². The van der Waals surface area contributed by atoms with Gasteiger partial charge in [-0.3, -0.25) is 10.1 Å². The van der Waals surface area contributed by atoms with Gasteiger partial charge in [0.15, 0.2) is 0 Å². The maximum atomic E-state index is 12.4. The maximum absolute atomic E-state index is 12.4. The van der Waals surface area contributed by atoms with Crippen LogP contribution >= 0.6 is 11.5 Å². The van der Waals surface area contributed by atoms with E-state index in [0.717, 1.165) is 22.8 Å². The van der Waals surface area contributed by atoms with Crippen molar-refractivity contribution in [1.29, 1.82) is 5.26 Å². The van der Waals surface area contributed by atoms with Gasteiger partial charge < -0.3 is 9.47 Å². The Bertz CT molecular complexity index is 1340. The summed E-state index contributed by atoms with van der Waals surface area (Å²) in [4.78, 5) is 16.2. The molecule has 3 aromatic rings. The second kappa shape index (κ2) is 12.1. The number of nitriles is 1. The van der Waals surface area contributed by atoms with Crippen molar-refractivity contribution >= 4 is 38.5 Å². The summed E-state index contributed by atoms with van der Waals surface area (Å²) in [7, 11) is -3.58. The van der Waals surface area contributed by atoms with Crippen LogP contribution in [-0.2, 0) is 14.6 Å². The van der Waals surface area contributed by atoms with Crippen molar-refractivity contribution in [3.63, 3.8) is 0 Å². The molecule has 0 unspecified atom stereocenters. The van der Waals surface area contributed by atoms with E-state index in [1.807, 2.05) is 37.3 Å². The SMILES string of the molecule is CCS(=O)(=O)c1nsc(NC(=O)C(C#N)=Cc2ccc(OCCCOc3cccc(C)c3)cc2)n1. The number of benzene rings is 2. The first kappa shape index (κ1) is 25.9. The molecule has 0 radical (unpaired) electrons. The van der Waals surface area contributed by atoms with Crippen LogP contribution in [0.1, 0.15) is 24.5 Å². The molecule has 2 aromatic carbocycles. The summed E-state index contributed by atoms with van der Waals surface area (Å²) in [5, 5.41) is 11.4. The van der Waals surface area contributed by atoms with E-state index in [0.29, 0.717) is 30.9 Å². The first-order valence-electron chi connectivity index (χ1n) is 10.7. The Balaban J connectivity index is 1.51. The van der Waals surface area contributed by atoms with E-state index < -0.39 is 15.7 Å². The van der Waals surface area contributed by atoms with Crippen LogP contribution in [-0.4, -0.2) is 42.6 Å². The van der Waals surface area contributed by atoms with Crippen LogP contribution in [0.2, 0.25) is 0 Å². The van der Waals surface area contributed by atoms with Gasteiger partial charge in [0.25, 0.3) is 11.1 Å². The van der Waals surface area contributed by atoms with Crippen molar-refractivity contribution in [1.82, 2.24) is 9.36 Å². The average molecular weight is 513 g/mol. The van der Waals surface area contributed by atoms with E-state index in [1.54, 1.807) is 24.3 Å². The van der Waals surface area contributed by atoms with Gasteiger partial charge in [-0.25, -0.2) is 8.42 Å². The van der Waals surface area contributed by atoms with E-state index in [2.05, 4.69) is 14.7 Å². The number of rotatable bonds is 11. The minimum atomic E-state index is -3.58. The van der Waals surface area contributed by atoms with E-state index in [9.17, 15) is 18.5 Å². The molecule has 1 aromatic heterocycles. The lowest BCUT2D eigenvalue weighted by Crippen LogP contribution is -2.13. The first-order valence-corrected chi connectivity index (χ1v) is 13.1.